The number of nitrogens with zero attached hydrogens (tertiary/aromatic N) is 1. The van der Waals surface area contributed by atoms with Crippen molar-refractivity contribution in [2.75, 3.05) is 6.61 Å². The van der Waals surface area contributed by atoms with Crippen molar-refractivity contribution in [3.63, 3.8) is 0 Å². The summed E-state index contributed by atoms with van der Waals surface area (Å²) in [5.41, 5.74) is -0.943. The molecule has 0 aliphatic heterocycles. The van der Waals surface area contributed by atoms with E-state index in [1.165, 1.54) is 0 Å². The summed E-state index contributed by atoms with van der Waals surface area (Å²) >= 11 is 4.64. The van der Waals surface area contributed by atoms with E-state index in [0.717, 1.165) is 0 Å². The molecule has 0 unspecified atom stereocenters. The van der Waals surface area contributed by atoms with Gasteiger partial charge in [0.25, 0.3) is 0 Å². The molecule has 7 heavy (non-hydrogen) atoms. The topological polar surface area (TPSA) is 50.1 Å². The van der Waals surface area contributed by atoms with Crippen LogP contribution in [0.5, 0.6) is 0 Å². The molecule has 0 rings (SSSR count). The summed E-state index contributed by atoms with van der Waals surface area (Å²) in [7, 11) is 0. The lowest BCUT2D eigenvalue weighted by atomic mass is 10.8. The summed E-state index contributed by atoms with van der Waals surface area (Å²) in [5, 5.41) is 7.73. The fraction of sp³-hybridized carbons (Fsp3) is 0.333. The maximum Gasteiger partial charge on any atom is 0.404 e. The minimum atomic E-state index is -0.943. The molecule has 0 fully saturated rings. The summed E-state index contributed by atoms with van der Waals surface area (Å²) in [6.45, 7) is -0.275. The van der Waals surface area contributed by atoms with Gasteiger partial charge in [-0.15, -0.1) is 0 Å². The van der Waals surface area contributed by atoms with Gasteiger partial charge < -0.3 is 4.74 Å². The molecule has 0 radical (unpaired) electrons. The quantitative estimate of drug-likeness (QED) is 0.482. The molecule has 0 saturated carbocycles. The van der Waals surface area contributed by atoms with Gasteiger partial charge in [0.15, 0.2) is 6.61 Å². The molecule has 0 atom stereocenters. The fourth-order valence-electron chi connectivity index (χ4n) is 0.0890. The van der Waals surface area contributed by atoms with Gasteiger partial charge in [-0.1, -0.05) is 0 Å². The van der Waals surface area contributed by atoms with Gasteiger partial charge in [0.05, 0.1) is 0 Å². The summed E-state index contributed by atoms with van der Waals surface area (Å²) < 4.78 is 3.96. The Morgan fingerprint density at radius 2 is 2.57 bits per heavy atom. The van der Waals surface area contributed by atoms with Crippen molar-refractivity contribution >= 4 is 17.0 Å². The van der Waals surface area contributed by atoms with Crippen molar-refractivity contribution in [2.45, 2.75) is 0 Å². The number of ether oxygens (including phenoxy) is 1. The van der Waals surface area contributed by atoms with E-state index in [2.05, 4.69) is 16.3 Å². The third-order valence-corrected chi connectivity index (χ3v) is 0.359. The first-order valence-electron chi connectivity index (χ1n) is 1.46. The summed E-state index contributed by atoms with van der Waals surface area (Å²) in [5.74, 6) is 0. The van der Waals surface area contributed by atoms with Crippen molar-refractivity contribution in [3.05, 3.63) is 0 Å². The summed E-state index contributed by atoms with van der Waals surface area (Å²) in [6.07, 6.45) is 0. The molecule has 0 aliphatic carbocycles. The van der Waals surface area contributed by atoms with Crippen LogP contribution in [0.15, 0.2) is 0 Å². The van der Waals surface area contributed by atoms with Crippen LogP contribution in [0.3, 0.4) is 0 Å². The highest BCUT2D eigenvalue weighted by Crippen LogP contribution is 1.83. The minimum absolute atomic E-state index is 0.275. The van der Waals surface area contributed by atoms with Gasteiger partial charge in [0, 0.05) is 11.6 Å². The zero-order chi connectivity index (χ0) is 5.70. The van der Waals surface area contributed by atoms with Crippen molar-refractivity contribution in [3.8, 4) is 6.07 Å². The van der Waals surface area contributed by atoms with E-state index in [1.807, 2.05) is 0 Å². The largest absolute Gasteiger partial charge is 0.438 e. The van der Waals surface area contributed by atoms with Gasteiger partial charge in [0.1, 0.15) is 6.07 Å². The predicted octanol–water partition coefficient (Wildman–Crippen LogP) is 0.885. The molecule has 0 spiro atoms. The molecule has 0 N–H and O–H groups in total. The number of hydrogen-bond acceptors (Lipinski definition) is 3. The molecular weight excluding hydrogens is 117 g/mol. The van der Waals surface area contributed by atoms with Gasteiger partial charge in [-0.2, -0.15) is 5.26 Å². The van der Waals surface area contributed by atoms with Crippen LogP contribution in [-0.2, 0) is 4.74 Å². The number of carbonyl (C=O) groups excluding carboxylic acids is 1. The molecular formula is C3H2ClNO2. The molecule has 0 bridgehead atoms. The third kappa shape index (κ3) is 5.25. The third-order valence-electron chi connectivity index (χ3n) is 0.250. The molecule has 0 aliphatic rings. The lowest BCUT2D eigenvalue weighted by Gasteiger charge is -1.84. The second-order valence-corrected chi connectivity index (χ2v) is 0.993. The van der Waals surface area contributed by atoms with Gasteiger partial charge in [-0.25, -0.2) is 4.79 Å². The van der Waals surface area contributed by atoms with Gasteiger partial charge in [-0.05, 0) is 0 Å². The molecule has 0 heterocycles. The SMILES string of the molecule is N#CCOC(=O)Cl. The Bertz CT molecular complexity index is 106. The number of rotatable bonds is 1. The van der Waals surface area contributed by atoms with Gasteiger partial charge in [0.2, 0.25) is 0 Å². The van der Waals surface area contributed by atoms with Crippen LogP contribution in [-0.4, -0.2) is 12.0 Å². The molecule has 3 nitrogen and oxygen atoms in total. The average Bonchev–Trinajstić information content (AvgIpc) is 1.61. The van der Waals surface area contributed by atoms with E-state index < -0.39 is 5.43 Å². The number of carbonyl (C=O) groups is 1. The molecule has 0 aromatic carbocycles. The van der Waals surface area contributed by atoms with E-state index >= 15 is 0 Å². The van der Waals surface area contributed by atoms with Crippen LogP contribution in [0.1, 0.15) is 0 Å². The Morgan fingerprint density at radius 1 is 2.00 bits per heavy atom. The Labute approximate surface area is 45.4 Å². The first-order chi connectivity index (χ1) is 3.27. The fourth-order valence-corrected chi connectivity index (χ4v) is 0.144. The van der Waals surface area contributed by atoms with E-state index in [4.69, 9.17) is 5.26 Å². The van der Waals surface area contributed by atoms with Crippen LogP contribution < -0.4 is 0 Å². The van der Waals surface area contributed by atoms with Crippen molar-refractivity contribution in [2.24, 2.45) is 0 Å². The number of halogens is 1. The predicted molar refractivity (Wildman–Crippen MR) is 22.8 cm³/mol. The Morgan fingerprint density at radius 3 is 2.71 bits per heavy atom. The van der Waals surface area contributed by atoms with Crippen molar-refractivity contribution < 1.29 is 9.53 Å². The Kier molecular flexibility index (Phi) is 3.07. The number of hydrogen-bond donors (Lipinski definition) is 0. The van der Waals surface area contributed by atoms with Crippen LogP contribution in [0.2, 0.25) is 0 Å². The van der Waals surface area contributed by atoms with E-state index in [1.54, 1.807) is 6.07 Å². The smallest absolute Gasteiger partial charge is 0.404 e. The monoisotopic (exact) mass is 119 g/mol. The molecule has 4 heteroatoms. The summed E-state index contributed by atoms with van der Waals surface area (Å²) in [6, 6.07) is 1.57. The molecule has 0 aromatic heterocycles. The maximum absolute atomic E-state index is 9.59. The molecule has 38 valence electrons. The van der Waals surface area contributed by atoms with Crippen molar-refractivity contribution in [1.82, 2.24) is 0 Å². The Hall–Kier alpha value is -0.750. The molecule has 0 aromatic rings. The highest BCUT2D eigenvalue weighted by Gasteiger charge is 1.89. The van der Waals surface area contributed by atoms with E-state index in [0.29, 0.717) is 0 Å². The lowest BCUT2D eigenvalue weighted by molar-refractivity contribution is 0.187. The standard InChI is InChI=1S/C3H2ClNO2/c4-3(6)7-2-1-5/h2H2. The number of nitriles is 1. The highest BCUT2D eigenvalue weighted by atomic mass is 35.5. The normalized spacial score (nSPS) is 6.86. The van der Waals surface area contributed by atoms with Crippen molar-refractivity contribution in [1.29, 1.82) is 5.26 Å². The first kappa shape index (κ1) is 6.25. The zero-order valence-corrected chi connectivity index (χ0v) is 4.10. The van der Waals surface area contributed by atoms with Crippen LogP contribution in [0.4, 0.5) is 4.79 Å². The lowest BCUT2D eigenvalue weighted by Crippen LogP contribution is -1.91. The first-order valence-corrected chi connectivity index (χ1v) is 1.84. The van der Waals surface area contributed by atoms with Gasteiger partial charge in [-0.3, -0.25) is 0 Å². The van der Waals surface area contributed by atoms with Crippen LogP contribution >= 0.6 is 11.6 Å². The second kappa shape index (κ2) is 3.44. The maximum atomic E-state index is 9.59. The van der Waals surface area contributed by atoms with E-state index in [-0.39, 0.29) is 6.61 Å². The highest BCUT2D eigenvalue weighted by molar-refractivity contribution is 6.61. The molecule has 0 amide bonds. The van der Waals surface area contributed by atoms with E-state index in [9.17, 15) is 4.79 Å². The average molecular weight is 120 g/mol. The zero-order valence-electron chi connectivity index (χ0n) is 3.35. The van der Waals surface area contributed by atoms with Crippen LogP contribution in [0.25, 0.3) is 0 Å². The second-order valence-electron chi connectivity index (χ2n) is 0.684. The van der Waals surface area contributed by atoms with Crippen LogP contribution in [0, 0.1) is 11.3 Å². The summed E-state index contributed by atoms with van der Waals surface area (Å²) in [4.78, 5) is 9.59. The Balaban J connectivity index is 3.02. The molecule has 0 saturated heterocycles. The van der Waals surface area contributed by atoms with Gasteiger partial charge >= 0.3 is 5.43 Å². The minimum Gasteiger partial charge on any atom is -0.438 e.